The molecule has 1 unspecified atom stereocenters. The Morgan fingerprint density at radius 2 is 1.43 bits per heavy atom. The molecule has 0 aromatic heterocycles. The number of hydrogen-bond acceptors (Lipinski definition) is 6. The van der Waals surface area contributed by atoms with Crippen LogP contribution in [-0.2, 0) is 20.8 Å². The maximum Gasteiger partial charge on any atom is 0.232 e. The van der Waals surface area contributed by atoms with Gasteiger partial charge in [-0.15, -0.1) is 0 Å². The number of carbonyl (C=O) groups excluding carboxylic acids is 3. The van der Waals surface area contributed by atoms with E-state index in [2.05, 4.69) is 9.47 Å². The average Bonchev–Trinajstić information content (AvgIpc) is 0.648. The van der Waals surface area contributed by atoms with E-state index in [4.69, 9.17) is 67.2 Å². The Balaban J connectivity index is 0.000000521. The van der Waals surface area contributed by atoms with Gasteiger partial charge in [-0.2, -0.15) is 0 Å². The molecule has 2 aliphatic carbocycles. The highest BCUT2D eigenvalue weighted by atomic mass is 16.5. The van der Waals surface area contributed by atoms with Crippen molar-refractivity contribution >= 4 is 17.6 Å². The first-order valence-corrected chi connectivity index (χ1v) is 10.2. The van der Waals surface area contributed by atoms with Gasteiger partial charge in [-0.05, 0) is 60.8 Å². The number of rotatable bonds is 7. The smallest absolute Gasteiger partial charge is 0.232 e. The van der Waals surface area contributed by atoms with E-state index in [0.717, 1.165) is 0 Å². The fourth-order valence-electron chi connectivity index (χ4n) is 2.28. The molecule has 8 nitrogen and oxygen atoms in total. The molecule has 2 fully saturated rings. The monoisotopic (exact) mass is 632 g/mol. The molecule has 2 aliphatic rings. The number of amides is 2. The zero-order valence-electron chi connectivity index (χ0n) is 69.4. The van der Waals surface area contributed by atoms with E-state index in [9.17, 15) is 19.5 Å². The van der Waals surface area contributed by atoms with Gasteiger partial charge in [0.25, 0.3) is 0 Å². The Bertz CT molecular complexity index is 3010. The summed E-state index contributed by atoms with van der Waals surface area (Å²) in [6.07, 6.45) is -43.8. The first-order valence-electron chi connectivity index (χ1n) is 34.7. The van der Waals surface area contributed by atoms with Crippen LogP contribution in [0.15, 0.2) is 48.3 Å². The molecule has 0 bridgehead atoms. The van der Waals surface area contributed by atoms with Crippen molar-refractivity contribution in [1.82, 2.24) is 9.80 Å². The molecular formula is C34H50N2O6. The summed E-state index contributed by atoms with van der Waals surface area (Å²) in [7, 11) is -6.66. The van der Waals surface area contributed by atoms with Gasteiger partial charge in [-0.25, -0.2) is 0 Å². The van der Waals surface area contributed by atoms with Crippen LogP contribution in [0.25, 0.3) is 0 Å². The number of hydrogen-bond donors (Lipinski definition) is 1. The molecule has 4 rings (SSSR count). The predicted octanol–water partition coefficient (Wildman–Crippen LogP) is 5.41. The topological polar surface area (TPSA) is 96.4 Å². The molecule has 232 valence electrons. The number of ether oxygens (including phenoxy) is 2. The highest BCUT2D eigenvalue weighted by Crippen LogP contribution is 2.41. The Morgan fingerprint density at radius 3 is 1.95 bits per heavy atom. The van der Waals surface area contributed by atoms with Crippen molar-refractivity contribution in [3.05, 3.63) is 59.5 Å². The first kappa shape index (κ1) is 6.96. The zero-order valence-corrected chi connectivity index (χ0v) is 20.4. The lowest BCUT2D eigenvalue weighted by molar-refractivity contribution is -0.139. The van der Waals surface area contributed by atoms with Crippen molar-refractivity contribution in [3.63, 3.8) is 0 Å². The number of benzene rings is 2. The number of ketones is 1. The maximum absolute atomic E-state index is 14.1. The molecule has 1 N–H and O–H groups in total. The van der Waals surface area contributed by atoms with Crippen molar-refractivity contribution < 1.29 is 96.1 Å². The number of nitrogens with zero attached hydrogens (tertiary/aromatic N) is 2. The lowest BCUT2D eigenvalue weighted by Gasteiger charge is -2.39. The molecule has 2 aromatic carbocycles. The number of Topliss-reactive ketones (excluding diaryl/α,β-unsaturated/α-hetero) is 1. The van der Waals surface area contributed by atoms with E-state index in [0.29, 0.717) is 0 Å². The van der Waals surface area contributed by atoms with Crippen LogP contribution >= 0.6 is 0 Å². The number of likely N-dealkylation sites (N-methyl/N-ethyl adjacent to an activating group) is 2. The largest absolute Gasteiger partial charge is 0.497 e. The zero-order chi connectivity index (χ0) is 73.7. The molecule has 0 aliphatic heterocycles. The summed E-state index contributed by atoms with van der Waals surface area (Å²) in [6.45, 7) is -15.7. The lowest BCUT2D eigenvalue weighted by atomic mass is 9.72. The van der Waals surface area contributed by atoms with Gasteiger partial charge in [0.15, 0.2) is 0 Å². The van der Waals surface area contributed by atoms with Crippen LogP contribution in [0.4, 0.5) is 0 Å². The SMILES string of the molecule is [2H]C1([2H])C(=O)C([2H])([2H])C([2H])([2H])C([2H])([2H])C1([2H])[2H].[2H]c1c([2H])c(C([2H])(C(=O)N(C([2H])([2H])[2H])C([2H])([2H])[2H])C2(O)C([2H])([2H])C([2H])([2H])C([2H])([2H])C([2H])([2H])C2([2H])[2H])c([2H])c([2H])c1OC([2H])([2H])[2H].[2H]c1c([2H])c(C([2H])([2H])C(=O)N(C([2H])([2H])[2H])C([2H])([2H])[2H])c([2H])c([2H])c1OC([2H])([2H])[2H]. The Hall–Kier alpha value is -3.39. The van der Waals surface area contributed by atoms with Crippen LogP contribution in [0.5, 0.6) is 11.5 Å². The average molecular weight is 632 g/mol. The lowest BCUT2D eigenvalue weighted by Crippen LogP contribution is -2.46. The van der Waals surface area contributed by atoms with Gasteiger partial charge in [-0.3, -0.25) is 14.4 Å². The van der Waals surface area contributed by atoms with Gasteiger partial charge in [0.05, 0.1) is 51.1 Å². The Labute approximate surface area is 320 Å². The third kappa shape index (κ3) is 11.1. The van der Waals surface area contributed by atoms with Crippen molar-refractivity contribution in [1.29, 1.82) is 0 Å². The Kier molecular flexibility index (Phi) is 2.90. The van der Waals surface area contributed by atoms with E-state index < -0.39 is 222 Å². The minimum absolute atomic E-state index is 0.709. The van der Waals surface area contributed by atoms with Crippen LogP contribution in [-0.4, -0.2) is 80.1 Å². The van der Waals surface area contributed by atoms with Crippen molar-refractivity contribution in [2.75, 3.05) is 42.0 Å². The quantitative estimate of drug-likeness (QED) is 0.439. The minimum atomic E-state index is -5.17. The summed E-state index contributed by atoms with van der Waals surface area (Å²) >= 11 is 0. The summed E-state index contributed by atoms with van der Waals surface area (Å²) < 4.78 is 384. The summed E-state index contributed by atoms with van der Waals surface area (Å²) in [5, 5.41) is 12.0. The minimum Gasteiger partial charge on any atom is -0.497 e. The third-order valence-corrected chi connectivity index (χ3v) is 3.96. The molecule has 8 heteroatoms. The van der Waals surface area contributed by atoms with Crippen LogP contribution in [0.3, 0.4) is 0 Å². The van der Waals surface area contributed by atoms with Crippen molar-refractivity contribution in [2.24, 2.45) is 0 Å². The van der Waals surface area contributed by atoms with Gasteiger partial charge in [-0.1, -0.05) is 49.7 Å². The summed E-state index contributed by atoms with van der Waals surface area (Å²) in [4.78, 5) is 36.3. The second kappa shape index (κ2) is 17.5. The molecule has 1 atom stereocenters. The summed E-state index contributed by atoms with van der Waals surface area (Å²) in [5.74, 6) is -14.5. The molecule has 0 spiro atoms. The van der Waals surface area contributed by atoms with Crippen molar-refractivity contribution in [3.8, 4) is 11.5 Å². The number of carbonyl (C=O) groups is 3. The fraction of sp³-hybridized carbons (Fsp3) is 0.559. The Morgan fingerprint density at radius 1 is 0.905 bits per heavy atom. The van der Waals surface area contributed by atoms with Crippen molar-refractivity contribution in [2.45, 2.75) is 81.6 Å². The van der Waals surface area contributed by atoms with Crippen LogP contribution in [0.2, 0.25) is 0 Å². The maximum atomic E-state index is 14.1. The molecule has 2 saturated carbocycles. The van der Waals surface area contributed by atoms with Crippen LogP contribution in [0.1, 0.15) is 148 Å². The standard InChI is InChI=1S/C17H25NO3.C11H15NO2.C6H10O/c1-18(2)16(19)15(17(20)11-5-4-6-12-17)13-7-9-14(21-3)10-8-13;1-12(2)11(13)8-9-4-6-10(14-3)7-5-9;7-6-4-2-1-3-5-6/h7-10,15,20H,4-6,11-12H2,1-3H3;4-7H,8H2,1-3H3;1-5H2/i1D3,2D3,3D3,4D2,5D2,6D2,7D,8D,9D,10D,11D2,12D2,15D;1D3,2D3,3D3,4D,5D,6D,7D,8D2;1D2,2D2,3D2,4D2,5D2. The highest BCUT2D eigenvalue weighted by molar-refractivity contribution is 5.85. The summed E-state index contributed by atoms with van der Waals surface area (Å²) in [6, 6.07) is -11.8. The van der Waals surface area contributed by atoms with E-state index in [1.165, 1.54) is 0 Å². The predicted molar refractivity (Wildman–Crippen MR) is 166 cm³/mol. The van der Waals surface area contributed by atoms with Crippen LogP contribution < -0.4 is 9.47 Å². The number of aliphatic hydroxyl groups is 1. The number of methoxy groups -OCH3 is 2. The second-order valence-corrected chi connectivity index (χ2v) is 6.68. The second-order valence-electron chi connectivity index (χ2n) is 6.68. The molecule has 2 aromatic rings. The van der Waals surface area contributed by atoms with Gasteiger partial charge >= 0.3 is 0 Å². The van der Waals surface area contributed by atoms with Gasteiger partial charge < -0.3 is 24.4 Å². The molecular weight excluding hydrogens is 532 g/mol. The van der Waals surface area contributed by atoms with Gasteiger partial charge in [0.1, 0.15) is 17.3 Å². The van der Waals surface area contributed by atoms with Crippen LogP contribution in [0, 0.1) is 0 Å². The van der Waals surface area contributed by atoms with E-state index >= 15 is 0 Å². The molecule has 0 heterocycles. The molecule has 0 saturated heterocycles. The van der Waals surface area contributed by atoms with E-state index in [1.54, 1.807) is 0 Å². The first-order chi connectivity index (χ1) is 39.2. The normalized spacial score (nSPS) is 48.4. The van der Waals surface area contributed by atoms with E-state index in [1.807, 2.05) is 0 Å². The molecule has 42 heavy (non-hydrogen) atoms. The van der Waals surface area contributed by atoms with Gasteiger partial charge in [0.2, 0.25) is 11.8 Å². The third-order valence-electron chi connectivity index (χ3n) is 3.96. The molecule has 0 radical (unpaired) electrons. The fourth-order valence-corrected chi connectivity index (χ4v) is 2.28. The van der Waals surface area contributed by atoms with Gasteiger partial charge in [0, 0.05) is 88.6 Å². The van der Waals surface area contributed by atoms with E-state index in [-0.39, 0.29) is 0 Å². The highest BCUT2D eigenvalue weighted by Gasteiger charge is 2.43. The summed E-state index contributed by atoms with van der Waals surface area (Å²) in [5.41, 5.74) is -8.51. The molecule has 2 amide bonds.